The van der Waals surface area contributed by atoms with Crippen LogP contribution >= 0.6 is 0 Å². The number of nitrogens with zero attached hydrogens (tertiary/aromatic N) is 3. The zero-order valence-corrected chi connectivity index (χ0v) is 19.5. The third kappa shape index (κ3) is 5.61. The van der Waals surface area contributed by atoms with E-state index in [4.69, 9.17) is 19.4 Å². The standard InChI is InChI=1S/C25H28N6O3/c1-4-16(3)28-23(32)15-34-19-8-6-7-17(11-19)24-30-22-10-9-20(33-5-2)12-21(22)25(31-24)29-18-13-26-27-14-18/h6-14,16H,4-5,15H2,1-3H3,(H,26,27)(H,28,32)(H,29,30,31)/t16-/m0/s1. The van der Waals surface area contributed by atoms with Crippen molar-refractivity contribution in [2.24, 2.45) is 0 Å². The molecular formula is C25H28N6O3. The fourth-order valence-corrected chi connectivity index (χ4v) is 3.34. The van der Waals surface area contributed by atoms with Gasteiger partial charge in [0.2, 0.25) is 0 Å². The number of hydrogen-bond donors (Lipinski definition) is 3. The molecule has 3 N–H and O–H groups in total. The fraction of sp³-hybridized carbons (Fsp3) is 0.280. The topological polar surface area (TPSA) is 114 Å². The van der Waals surface area contributed by atoms with Gasteiger partial charge in [-0.05, 0) is 50.6 Å². The second-order valence-electron chi connectivity index (χ2n) is 7.81. The van der Waals surface area contributed by atoms with Crippen LogP contribution in [-0.4, -0.2) is 45.3 Å². The van der Waals surface area contributed by atoms with Gasteiger partial charge in [0.25, 0.3) is 5.91 Å². The number of rotatable bonds is 10. The van der Waals surface area contributed by atoms with E-state index in [1.54, 1.807) is 18.5 Å². The Bertz CT molecular complexity index is 1260. The number of H-pyrrole nitrogens is 1. The first-order chi connectivity index (χ1) is 16.6. The summed E-state index contributed by atoms with van der Waals surface area (Å²) in [7, 11) is 0. The molecule has 0 saturated carbocycles. The summed E-state index contributed by atoms with van der Waals surface area (Å²) in [5.74, 6) is 2.31. The summed E-state index contributed by atoms with van der Waals surface area (Å²) >= 11 is 0. The lowest BCUT2D eigenvalue weighted by Gasteiger charge is -2.13. The van der Waals surface area contributed by atoms with Gasteiger partial charge >= 0.3 is 0 Å². The van der Waals surface area contributed by atoms with Crippen LogP contribution in [0.5, 0.6) is 11.5 Å². The number of anilines is 2. The average molecular weight is 461 g/mol. The Balaban J connectivity index is 1.64. The molecular weight excluding hydrogens is 432 g/mol. The number of hydrogen-bond acceptors (Lipinski definition) is 7. The quantitative estimate of drug-likeness (QED) is 0.320. The number of benzene rings is 2. The molecule has 2 aromatic carbocycles. The molecule has 4 aromatic rings. The molecule has 9 nitrogen and oxygen atoms in total. The van der Waals surface area contributed by atoms with Crippen molar-refractivity contribution >= 4 is 28.3 Å². The Morgan fingerprint density at radius 1 is 1.09 bits per heavy atom. The third-order valence-corrected chi connectivity index (χ3v) is 5.22. The fourth-order valence-electron chi connectivity index (χ4n) is 3.34. The number of carbonyl (C=O) groups is 1. The molecule has 0 fully saturated rings. The average Bonchev–Trinajstić information content (AvgIpc) is 3.36. The highest BCUT2D eigenvalue weighted by atomic mass is 16.5. The molecule has 2 heterocycles. The van der Waals surface area contributed by atoms with Crippen LogP contribution in [0.25, 0.3) is 22.3 Å². The SMILES string of the molecule is CCOc1ccc2nc(-c3cccc(OCC(=O)N[C@@H](C)CC)c3)nc(Nc3cn[nH]c3)c2c1. The Morgan fingerprint density at radius 2 is 1.94 bits per heavy atom. The Labute approximate surface area is 197 Å². The van der Waals surface area contributed by atoms with Crippen LogP contribution in [0.15, 0.2) is 54.9 Å². The lowest BCUT2D eigenvalue weighted by Crippen LogP contribution is -2.35. The van der Waals surface area contributed by atoms with Crippen molar-refractivity contribution in [3.05, 3.63) is 54.9 Å². The maximum atomic E-state index is 12.1. The lowest BCUT2D eigenvalue weighted by molar-refractivity contribution is -0.123. The first kappa shape index (κ1) is 23.0. The Hall–Kier alpha value is -4.14. The van der Waals surface area contributed by atoms with Gasteiger partial charge in [-0.3, -0.25) is 9.89 Å². The highest BCUT2D eigenvalue weighted by molar-refractivity contribution is 5.93. The molecule has 0 bridgehead atoms. The second-order valence-corrected chi connectivity index (χ2v) is 7.81. The predicted molar refractivity (Wildman–Crippen MR) is 131 cm³/mol. The highest BCUT2D eigenvalue weighted by Gasteiger charge is 2.13. The van der Waals surface area contributed by atoms with Crippen LogP contribution in [0.3, 0.4) is 0 Å². The van der Waals surface area contributed by atoms with E-state index in [1.807, 2.05) is 57.2 Å². The third-order valence-electron chi connectivity index (χ3n) is 5.22. The first-order valence-electron chi connectivity index (χ1n) is 11.3. The molecule has 4 rings (SSSR count). The van der Waals surface area contributed by atoms with E-state index in [0.29, 0.717) is 24.0 Å². The van der Waals surface area contributed by atoms with Crippen molar-refractivity contribution < 1.29 is 14.3 Å². The van der Waals surface area contributed by atoms with Crippen molar-refractivity contribution in [1.82, 2.24) is 25.5 Å². The molecule has 34 heavy (non-hydrogen) atoms. The predicted octanol–water partition coefficient (Wildman–Crippen LogP) is 4.46. The van der Waals surface area contributed by atoms with Gasteiger partial charge in [-0.1, -0.05) is 19.1 Å². The number of aromatic nitrogens is 4. The van der Waals surface area contributed by atoms with Crippen LogP contribution in [0, 0.1) is 0 Å². The van der Waals surface area contributed by atoms with Gasteiger partial charge in [-0.2, -0.15) is 5.10 Å². The molecule has 0 radical (unpaired) electrons. The van der Waals surface area contributed by atoms with E-state index in [9.17, 15) is 4.79 Å². The number of nitrogens with one attached hydrogen (secondary N) is 3. The van der Waals surface area contributed by atoms with Crippen LogP contribution < -0.4 is 20.1 Å². The number of amides is 1. The number of carbonyl (C=O) groups excluding carboxylic acids is 1. The van der Waals surface area contributed by atoms with Gasteiger partial charge < -0.3 is 20.1 Å². The lowest BCUT2D eigenvalue weighted by atomic mass is 10.1. The summed E-state index contributed by atoms with van der Waals surface area (Å²) in [6.45, 7) is 6.43. The smallest absolute Gasteiger partial charge is 0.258 e. The van der Waals surface area contributed by atoms with Crippen LogP contribution in [0.1, 0.15) is 27.2 Å². The van der Waals surface area contributed by atoms with Gasteiger partial charge in [-0.15, -0.1) is 0 Å². The molecule has 2 aromatic heterocycles. The van der Waals surface area contributed by atoms with Crippen LogP contribution in [0.2, 0.25) is 0 Å². The van der Waals surface area contributed by atoms with E-state index in [-0.39, 0.29) is 18.6 Å². The summed E-state index contributed by atoms with van der Waals surface area (Å²) in [5, 5.41) is 13.8. The minimum absolute atomic E-state index is 0.0557. The van der Waals surface area contributed by atoms with Gasteiger partial charge in [0.1, 0.15) is 17.3 Å². The normalized spacial score (nSPS) is 11.7. The summed E-state index contributed by atoms with van der Waals surface area (Å²) < 4.78 is 11.4. The van der Waals surface area contributed by atoms with Crippen molar-refractivity contribution in [2.45, 2.75) is 33.2 Å². The molecule has 0 aliphatic rings. The molecule has 0 aliphatic heterocycles. The molecule has 0 saturated heterocycles. The van der Waals surface area contributed by atoms with Crippen molar-refractivity contribution in [2.75, 3.05) is 18.5 Å². The minimum Gasteiger partial charge on any atom is -0.494 e. The molecule has 0 spiro atoms. The number of fused-ring (bicyclic) bond motifs is 1. The molecule has 0 unspecified atom stereocenters. The van der Waals surface area contributed by atoms with E-state index >= 15 is 0 Å². The minimum atomic E-state index is -0.154. The van der Waals surface area contributed by atoms with Gasteiger partial charge in [0, 0.05) is 23.2 Å². The van der Waals surface area contributed by atoms with Crippen LogP contribution in [0.4, 0.5) is 11.5 Å². The maximum absolute atomic E-state index is 12.1. The zero-order chi connectivity index (χ0) is 23.9. The zero-order valence-electron chi connectivity index (χ0n) is 19.5. The van der Waals surface area contributed by atoms with Crippen molar-refractivity contribution in [3.63, 3.8) is 0 Å². The molecule has 1 atom stereocenters. The van der Waals surface area contributed by atoms with E-state index in [0.717, 1.165) is 34.3 Å². The number of ether oxygens (including phenoxy) is 2. The highest BCUT2D eigenvalue weighted by Crippen LogP contribution is 2.31. The van der Waals surface area contributed by atoms with Gasteiger partial charge in [0.15, 0.2) is 12.4 Å². The van der Waals surface area contributed by atoms with Crippen molar-refractivity contribution in [1.29, 1.82) is 0 Å². The van der Waals surface area contributed by atoms with Crippen LogP contribution in [-0.2, 0) is 4.79 Å². The molecule has 176 valence electrons. The summed E-state index contributed by atoms with van der Waals surface area (Å²) in [6, 6.07) is 13.2. The summed E-state index contributed by atoms with van der Waals surface area (Å²) in [4.78, 5) is 21.6. The van der Waals surface area contributed by atoms with E-state index in [1.165, 1.54) is 0 Å². The summed E-state index contributed by atoms with van der Waals surface area (Å²) in [5.41, 5.74) is 2.31. The van der Waals surface area contributed by atoms with Gasteiger partial charge in [0.05, 0.1) is 24.0 Å². The molecule has 0 aliphatic carbocycles. The Morgan fingerprint density at radius 3 is 2.71 bits per heavy atom. The molecule has 1 amide bonds. The maximum Gasteiger partial charge on any atom is 0.258 e. The molecule has 9 heteroatoms. The van der Waals surface area contributed by atoms with E-state index < -0.39 is 0 Å². The first-order valence-corrected chi connectivity index (χ1v) is 11.3. The van der Waals surface area contributed by atoms with Crippen molar-refractivity contribution in [3.8, 4) is 22.9 Å². The van der Waals surface area contributed by atoms with E-state index in [2.05, 4.69) is 20.8 Å². The second kappa shape index (κ2) is 10.7. The monoisotopic (exact) mass is 460 g/mol. The summed E-state index contributed by atoms with van der Waals surface area (Å²) in [6.07, 6.45) is 4.29. The van der Waals surface area contributed by atoms with Gasteiger partial charge in [-0.25, -0.2) is 9.97 Å². The Kier molecular flexibility index (Phi) is 7.22. The number of aromatic amines is 1. The largest absolute Gasteiger partial charge is 0.494 e.